The molecule has 0 bridgehead atoms. The molecule has 1 aliphatic rings. The number of hydrogen-bond acceptors (Lipinski definition) is 2. The Labute approximate surface area is 123 Å². The fourth-order valence-corrected chi connectivity index (χ4v) is 1.99. The van der Waals surface area contributed by atoms with E-state index in [1.807, 2.05) is 0 Å². The molecule has 1 aromatic carbocycles. The Balaban J connectivity index is 0.00000200. The summed E-state index contributed by atoms with van der Waals surface area (Å²) in [6.07, 6.45) is 2.59. The van der Waals surface area contributed by atoms with E-state index >= 15 is 0 Å². The zero-order chi connectivity index (χ0) is 13.8. The average Bonchev–Trinajstić information content (AvgIpc) is 3.21. The molecule has 0 aromatic heterocycles. The molecular formula is C14H19ClF2N2O. The Morgan fingerprint density at radius 2 is 2.10 bits per heavy atom. The molecular weight excluding hydrogens is 286 g/mol. The van der Waals surface area contributed by atoms with E-state index in [1.165, 1.54) is 0 Å². The molecule has 0 aliphatic heterocycles. The lowest BCUT2D eigenvalue weighted by molar-refractivity contribution is -0.121. The second-order valence-electron chi connectivity index (χ2n) is 5.04. The van der Waals surface area contributed by atoms with Gasteiger partial charge in [0.25, 0.3) is 0 Å². The average molecular weight is 305 g/mol. The number of halogens is 3. The van der Waals surface area contributed by atoms with E-state index in [9.17, 15) is 13.6 Å². The number of benzene rings is 1. The molecule has 20 heavy (non-hydrogen) atoms. The van der Waals surface area contributed by atoms with Crippen LogP contribution in [0.25, 0.3) is 0 Å². The number of carbonyl (C=O) groups is 1. The summed E-state index contributed by atoms with van der Waals surface area (Å²) in [7, 11) is 0. The Kier molecular flexibility index (Phi) is 6.36. The quantitative estimate of drug-likeness (QED) is 0.846. The second-order valence-corrected chi connectivity index (χ2v) is 5.04. The van der Waals surface area contributed by atoms with Crippen molar-refractivity contribution < 1.29 is 13.6 Å². The van der Waals surface area contributed by atoms with E-state index in [2.05, 4.69) is 5.32 Å². The van der Waals surface area contributed by atoms with Crippen LogP contribution in [0.5, 0.6) is 0 Å². The number of aryl methyl sites for hydroxylation is 1. The monoisotopic (exact) mass is 304 g/mol. The first-order valence-corrected chi connectivity index (χ1v) is 6.52. The van der Waals surface area contributed by atoms with Gasteiger partial charge in [0.15, 0.2) is 0 Å². The highest BCUT2D eigenvalue weighted by Crippen LogP contribution is 2.31. The van der Waals surface area contributed by atoms with Gasteiger partial charge in [0.1, 0.15) is 11.6 Å². The summed E-state index contributed by atoms with van der Waals surface area (Å²) in [5, 5.41) is 2.73. The van der Waals surface area contributed by atoms with E-state index in [0.29, 0.717) is 12.5 Å². The molecule has 3 N–H and O–H groups in total. The van der Waals surface area contributed by atoms with Crippen molar-refractivity contribution in [3.63, 3.8) is 0 Å². The summed E-state index contributed by atoms with van der Waals surface area (Å²) in [5.41, 5.74) is 6.08. The fraction of sp³-hybridized carbons (Fsp3) is 0.500. The molecule has 1 fully saturated rings. The fourth-order valence-electron chi connectivity index (χ4n) is 1.99. The first-order valence-electron chi connectivity index (χ1n) is 6.52. The highest BCUT2D eigenvalue weighted by molar-refractivity contribution is 5.85. The number of carbonyl (C=O) groups excluding carboxylic acids is 1. The summed E-state index contributed by atoms with van der Waals surface area (Å²) in [5.74, 6) is -0.628. The molecule has 3 nitrogen and oxygen atoms in total. The lowest BCUT2D eigenvalue weighted by Crippen LogP contribution is -2.38. The van der Waals surface area contributed by atoms with Gasteiger partial charge in [0.2, 0.25) is 5.91 Å². The largest absolute Gasteiger partial charge is 0.355 e. The zero-order valence-corrected chi connectivity index (χ0v) is 11.9. The van der Waals surface area contributed by atoms with Crippen LogP contribution in [0, 0.1) is 17.6 Å². The van der Waals surface area contributed by atoms with Gasteiger partial charge in [-0.1, -0.05) is 0 Å². The molecule has 0 saturated heterocycles. The van der Waals surface area contributed by atoms with E-state index in [-0.39, 0.29) is 42.8 Å². The standard InChI is InChI=1S/C14H18F2N2O.ClH/c15-11-4-5-12(16)10(7-11)3-6-14(19)18-8-13(17)9-1-2-9;/h4-5,7,9,13H,1-3,6,8,17H2,(H,18,19);1H. The minimum absolute atomic E-state index is 0. The smallest absolute Gasteiger partial charge is 0.220 e. The molecule has 0 spiro atoms. The van der Waals surface area contributed by atoms with E-state index < -0.39 is 11.6 Å². The van der Waals surface area contributed by atoms with Gasteiger partial charge in [-0.05, 0) is 48.9 Å². The van der Waals surface area contributed by atoms with Gasteiger partial charge in [-0.25, -0.2) is 8.78 Å². The number of amides is 1. The van der Waals surface area contributed by atoms with E-state index in [0.717, 1.165) is 31.0 Å². The first-order chi connectivity index (χ1) is 9.06. The Hall–Kier alpha value is -1.20. The van der Waals surface area contributed by atoms with Gasteiger partial charge < -0.3 is 11.1 Å². The lowest BCUT2D eigenvalue weighted by atomic mass is 10.1. The van der Waals surface area contributed by atoms with Crippen molar-refractivity contribution in [3.05, 3.63) is 35.4 Å². The van der Waals surface area contributed by atoms with Crippen LogP contribution < -0.4 is 11.1 Å². The Bertz CT molecular complexity index is 466. The van der Waals surface area contributed by atoms with Crippen LogP contribution >= 0.6 is 12.4 Å². The van der Waals surface area contributed by atoms with Crippen LogP contribution in [0.2, 0.25) is 0 Å². The topological polar surface area (TPSA) is 55.1 Å². The predicted molar refractivity (Wildman–Crippen MR) is 75.6 cm³/mol. The number of nitrogens with one attached hydrogen (secondary N) is 1. The molecule has 1 saturated carbocycles. The number of hydrogen-bond donors (Lipinski definition) is 2. The second kappa shape index (κ2) is 7.55. The predicted octanol–water partition coefficient (Wildman–Crippen LogP) is 2.17. The molecule has 1 aliphatic carbocycles. The first kappa shape index (κ1) is 16.9. The minimum atomic E-state index is -0.493. The van der Waals surface area contributed by atoms with Crippen LogP contribution in [0.3, 0.4) is 0 Å². The van der Waals surface area contributed by atoms with Gasteiger partial charge in [-0.15, -0.1) is 12.4 Å². The lowest BCUT2D eigenvalue weighted by Gasteiger charge is -2.11. The number of rotatable bonds is 6. The SMILES string of the molecule is Cl.NC(CNC(=O)CCc1cc(F)ccc1F)C1CC1. The molecule has 112 valence electrons. The van der Waals surface area contributed by atoms with Crippen molar-refractivity contribution >= 4 is 18.3 Å². The van der Waals surface area contributed by atoms with Crippen LogP contribution in [-0.4, -0.2) is 18.5 Å². The van der Waals surface area contributed by atoms with Gasteiger partial charge in [0.05, 0.1) is 0 Å². The maximum Gasteiger partial charge on any atom is 0.220 e. The minimum Gasteiger partial charge on any atom is -0.355 e. The van der Waals surface area contributed by atoms with Gasteiger partial charge in [0, 0.05) is 19.0 Å². The Morgan fingerprint density at radius 1 is 1.40 bits per heavy atom. The molecule has 0 heterocycles. The summed E-state index contributed by atoms with van der Waals surface area (Å²) in [6, 6.07) is 3.27. The molecule has 1 aromatic rings. The van der Waals surface area contributed by atoms with Gasteiger partial charge >= 0.3 is 0 Å². The summed E-state index contributed by atoms with van der Waals surface area (Å²) >= 11 is 0. The summed E-state index contributed by atoms with van der Waals surface area (Å²) < 4.78 is 26.3. The third-order valence-electron chi connectivity index (χ3n) is 3.39. The van der Waals surface area contributed by atoms with Crippen LogP contribution in [-0.2, 0) is 11.2 Å². The number of nitrogens with two attached hydrogens (primary N) is 1. The normalized spacial score (nSPS) is 15.3. The summed E-state index contributed by atoms with van der Waals surface area (Å²) in [4.78, 5) is 11.6. The Morgan fingerprint density at radius 3 is 2.75 bits per heavy atom. The van der Waals surface area contributed by atoms with Crippen molar-refractivity contribution in [1.29, 1.82) is 0 Å². The van der Waals surface area contributed by atoms with Crippen molar-refractivity contribution in [2.45, 2.75) is 31.7 Å². The highest BCUT2D eigenvalue weighted by Gasteiger charge is 2.28. The molecule has 0 radical (unpaired) electrons. The van der Waals surface area contributed by atoms with Crippen molar-refractivity contribution in [1.82, 2.24) is 5.32 Å². The zero-order valence-electron chi connectivity index (χ0n) is 11.1. The molecule has 1 unspecified atom stereocenters. The maximum atomic E-state index is 13.3. The van der Waals surface area contributed by atoms with Crippen molar-refractivity contribution in [2.75, 3.05) is 6.54 Å². The highest BCUT2D eigenvalue weighted by atomic mass is 35.5. The maximum absolute atomic E-state index is 13.3. The third-order valence-corrected chi connectivity index (χ3v) is 3.39. The summed E-state index contributed by atoms with van der Waals surface area (Å²) in [6.45, 7) is 0.454. The molecule has 2 rings (SSSR count). The van der Waals surface area contributed by atoms with Crippen LogP contribution in [0.4, 0.5) is 8.78 Å². The van der Waals surface area contributed by atoms with Gasteiger partial charge in [-0.3, -0.25) is 4.79 Å². The van der Waals surface area contributed by atoms with Gasteiger partial charge in [-0.2, -0.15) is 0 Å². The van der Waals surface area contributed by atoms with Crippen molar-refractivity contribution in [3.8, 4) is 0 Å². The van der Waals surface area contributed by atoms with Crippen molar-refractivity contribution in [2.24, 2.45) is 11.7 Å². The molecule has 6 heteroatoms. The van der Waals surface area contributed by atoms with Crippen LogP contribution in [0.15, 0.2) is 18.2 Å². The van der Waals surface area contributed by atoms with Crippen LogP contribution in [0.1, 0.15) is 24.8 Å². The van der Waals surface area contributed by atoms with E-state index in [4.69, 9.17) is 5.73 Å². The molecule has 1 amide bonds. The molecule has 1 atom stereocenters. The third kappa shape index (κ3) is 5.06. The van der Waals surface area contributed by atoms with E-state index in [1.54, 1.807) is 0 Å².